The van der Waals surface area contributed by atoms with Gasteiger partial charge in [-0.3, -0.25) is 14.2 Å². The van der Waals surface area contributed by atoms with Crippen molar-refractivity contribution >= 4 is 34.7 Å². The Kier molecular flexibility index (Phi) is 7.29. The number of aromatic nitrogens is 2. The summed E-state index contributed by atoms with van der Waals surface area (Å²) in [6.45, 7) is 3.24. The van der Waals surface area contributed by atoms with Crippen molar-refractivity contribution in [3.05, 3.63) is 65.0 Å². The Morgan fingerprint density at radius 2 is 1.79 bits per heavy atom. The van der Waals surface area contributed by atoms with Crippen molar-refractivity contribution < 1.29 is 14.3 Å². The number of nitrogens with zero attached hydrogens (tertiary/aromatic N) is 3. The lowest BCUT2D eigenvalue weighted by Gasteiger charge is -2.31. The number of hydrogen-bond acceptors (Lipinski definition) is 6. The lowest BCUT2D eigenvalue weighted by molar-refractivity contribution is -0.119. The Morgan fingerprint density at radius 3 is 2.52 bits per heavy atom. The summed E-state index contributed by atoms with van der Waals surface area (Å²) in [5, 5.41) is 4.04. The summed E-state index contributed by atoms with van der Waals surface area (Å²) in [5.41, 5.74) is 1.14. The molecule has 1 saturated heterocycles. The van der Waals surface area contributed by atoms with E-state index in [1.54, 1.807) is 28.5 Å². The highest BCUT2D eigenvalue weighted by molar-refractivity contribution is 7.99. The summed E-state index contributed by atoms with van der Waals surface area (Å²) in [6.07, 6.45) is 1.05. The molecule has 0 saturated carbocycles. The summed E-state index contributed by atoms with van der Waals surface area (Å²) >= 11 is 1.23. The zero-order chi connectivity index (χ0) is 23.2. The van der Waals surface area contributed by atoms with Crippen LogP contribution in [0.5, 0.6) is 0 Å². The van der Waals surface area contributed by atoms with Crippen LogP contribution < -0.4 is 10.9 Å². The van der Waals surface area contributed by atoms with Crippen LogP contribution in [-0.4, -0.2) is 57.9 Å². The van der Waals surface area contributed by atoms with E-state index in [4.69, 9.17) is 4.74 Å². The lowest BCUT2D eigenvalue weighted by Crippen LogP contribution is -2.47. The summed E-state index contributed by atoms with van der Waals surface area (Å²) < 4.78 is 6.59. The number of rotatable bonds is 6. The number of fused-ring (bicyclic) bond motifs is 1. The van der Waals surface area contributed by atoms with Crippen molar-refractivity contribution in [2.24, 2.45) is 0 Å². The SMILES string of the molecule is CCOC(=O)N1CCC(NC(=O)CSc2nc3ccccc3c(=O)n2-c2ccccc2)CC1. The number of piperidine rings is 1. The maximum atomic E-state index is 13.2. The number of likely N-dealkylation sites (tertiary alicyclic amines) is 1. The minimum Gasteiger partial charge on any atom is -0.450 e. The van der Waals surface area contributed by atoms with Crippen LogP contribution in [-0.2, 0) is 9.53 Å². The van der Waals surface area contributed by atoms with E-state index >= 15 is 0 Å². The molecule has 0 atom stereocenters. The number of amides is 2. The second kappa shape index (κ2) is 10.5. The molecule has 1 aromatic heterocycles. The van der Waals surface area contributed by atoms with E-state index in [-0.39, 0.29) is 29.4 Å². The van der Waals surface area contributed by atoms with Gasteiger partial charge >= 0.3 is 6.09 Å². The Bertz CT molecular complexity index is 1190. The molecule has 1 aliphatic rings. The molecule has 2 aromatic carbocycles. The number of carbonyl (C=O) groups is 2. The zero-order valence-electron chi connectivity index (χ0n) is 18.4. The molecule has 3 aromatic rings. The van der Waals surface area contributed by atoms with Crippen LogP contribution in [0.3, 0.4) is 0 Å². The van der Waals surface area contributed by atoms with Gasteiger partial charge in [0.2, 0.25) is 5.91 Å². The second-order valence-corrected chi connectivity index (χ2v) is 8.65. The fraction of sp³-hybridized carbons (Fsp3) is 0.333. The van der Waals surface area contributed by atoms with Crippen LogP contribution in [0.1, 0.15) is 19.8 Å². The third kappa shape index (κ3) is 5.36. The molecule has 2 amide bonds. The summed E-state index contributed by atoms with van der Waals surface area (Å²) in [7, 11) is 0. The highest BCUT2D eigenvalue weighted by atomic mass is 32.2. The smallest absolute Gasteiger partial charge is 0.409 e. The van der Waals surface area contributed by atoms with Gasteiger partial charge in [0.05, 0.1) is 29.0 Å². The monoisotopic (exact) mass is 466 g/mol. The van der Waals surface area contributed by atoms with E-state index in [0.29, 0.717) is 54.3 Å². The molecule has 172 valence electrons. The first-order valence-corrected chi connectivity index (χ1v) is 12.0. The fourth-order valence-electron chi connectivity index (χ4n) is 3.83. The van der Waals surface area contributed by atoms with Crippen LogP contribution >= 0.6 is 11.8 Å². The molecule has 2 heterocycles. The molecule has 4 rings (SSSR count). The van der Waals surface area contributed by atoms with E-state index in [1.807, 2.05) is 42.5 Å². The average Bonchev–Trinajstić information content (AvgIpc) is 2.84. The number of para-hydroxylation sites is 2. The number of hydrogen-bond donors (Lipinski definition) is 1. The molecule has 33 heavy (non-hydrogen) atoms. The van der Waals surface area contributed by atoms with E-state index in [2.05, 4.69) is 10.3 Å². The first-order valence-electron chi connectivity index (χ1n) is 11.0. The molecule has 1 fully saturated rings. The van der Waals surface area contributed by atoms with Gasteiger partial charge in [-0.25, -0.2) is 9.78 Å². The van der Waals surface area contributed by atoms with Gasteiger partial charge in [0.1, 0.15) is 0 Å². The largest absolute Gasteiger partial charge is 0.450 e. The molecule has 8 nitrogen and oxygen atoms in total. The summed E-state index contributed by atoms with van der Waals surface area (Å²) in [6, 6.07) is 16.5. The van der Waals surface area contributed by atoms with Gasteiger partial charge in [0.25, 0.3) is 5.56 Å². The maximum Gasteiger partial charge on any atom is 0.409 e. The van der Waals surface area contributed by atoms with Crippen LogP contribution in [0.15, 0.2) is 64.5 Å². The second-order valence-electron chi connectivity index (χ2n) is 7.70. The number of carbonyl (C=O) groups excluding carboxylic acids is 2. The predicted octanol–water partition coefficient (Wildman–Crippen LogP) is 3.21. The van der Waals surface area contributed by atoms with E-state index in [1.165, 1.54) is 11.8 Å². The van der Waals surface area contributed by atoms with Gasteiger partial charge in [-0.15, -0.1) is 0 Å². The van der Waals surface area contributed by atoms with Gasteiger partial charge in [0, 0.05) is 19.1 Å². The van der Waals surface area contributed by atoms with Crippen LogP contribution in [0.4, 0.5) is 4.79 Å². The number of thioether (sulfide) groups is 1. The topological polar surface area (TPSA) is 93.5 Å². The normalized spacial score (nSPS) is 14.3. The van der Waals surface area contributed by atoms with Crippen molar-refractivity contribution in [3.8, 4) is 5.69 Å². The molecular weight excluding hydrogens is 440 g/mol. The van der Waals surface area contributed by atoms with Crippen LogP contribution in [0.25, 0.3) is 16.6 Å². The minimum absolute atomic E-state index is 0.00431. The predicted molar refractivity (Wildman–Crippen MR) is 128 cm³/mol. The zero-order valence-corrected chi connectivity index (χ0v) is 19.2. The highest BCUT2D eigenvalue weighted by Gasteiger charge is 2.24. The van der Waals surface area contributed by atoms with Crippen molar-refractivity contribution in [3.63, 3.8) is 0 Å². The molecule has 1 N–H and O–H groups in total. The van der Waals surface area contributed by atoms with Crippen LogP contribution in [0.2, 0.25) is 0 Å². The number of ether oxygens (including phenoxy) is 1. The third-order valence-corrected chi connectivity index (χ3v) is 6.42. The first-order chi connectivity index (χ1) is 16.1. The summed E-state index contributed by atoms with van der Waals surface area (Å²) in [5.74, 6) is 0.00648. The van der Waals surface area contributed by atoms with Crippen molar-refractivity contribution in [1.82, 2.24) is 19.8 Å². The van der Waals surface area contributed by atoms with E-state index in [0.717, 1.165) is 0 Å². The maximum absolute atomic E-state index is 13.2. The fourth-order valence-corrected chi connectivity index (χ4v) is 4.66. The van der Waals surface area contributed by atoms with Gasteiger partial charge in [0.15, 0.2) is 5.16 Å². The van der Waals surface area contributed by atoms with Crippen molar-refractivity contribution in [2.45, 2.75) is 31.0 Å². The third-order valence-electron chi connectivity index (χ3n) is 5.48. The summed E-state index contributed by atoms with van der Waals surface area (Å²) in [4.78, 5) is 44.0. The molecule has 0 unspecified atom stereocenters. The van der Waals surface area contributed by atoms with Gasteiger partial charge in [-0.2, -0.15) is 0 Å². The van der Waals surface area contributed by atoms with Crippen molar-refractivity contribution in [2.75, 3.05) is 25.4 Å². The standard InChI is InChI=1S/C24H26N4O4S/c1-2-32-24(31)27-14-12-17(13-15-27)25-21(29)16-33-23-26-20-11-7-6-10-19(20)22(30)28(23)18-8-4-3-5-9-18/h3-11,17H,2,12-16H2,1H3,(H,25,29). The average molecular weight is 467 g/mol. The van der Waals surface area contributed by atoms with E-state index in [9.17, 15) is 14.4 Å². The first kappa shape index (κ1) is 22.8. The van der Waals surface area contributed by atoms with Crippen LogP contribution in [0, 0.1) is 0 Å². The Balaban J connectivity index is 1.45. The van der Waals surface area contributed by atoms with Gasteiger partial charge in [-0.1, -0.05) is 42.1 Å². The van der Waals surface area contributed by atoms with Gasteiger partial charge in [-0.05, 0) is 44.0 Å². The molecule has 0 radical (unpaired) electrons. The van der Waals surface area contributed by atoms with Crippen molar-refractivity contribution in [1.29, 1.82) is 0 Å². The Labute approximate surface area is 195 Å². The quantitative estimate of drug-likeness (QED) is 0.443. The van der Waals surface area contributed by atoms with Gasteiger partial charge < -0.3 is 15.0 Å². The lowest BCUT2D eigenvalue weighted by atomic mass is 10.1. The Hall–Kier alpha value is -3.33. The molecule has 9 heteroatoms. The molecule has 0 bridgehead atoms. The Morgan fingerprint density at radius 1 is 1.09 bits per heavy atom. The van der Waals surface area contributed by atoms with E-state index < -0.39 is 0 Å². The number of benzene rings is 2. The molecular formula is C24H26N4O4S. The molecule has 0 spiro atoms. The minimum atomic E-state index is -0.306. The molecule has 0 aliphatic carbocycles. The number of nitrogens with one attached hydrogen (secondary N) is 1. The highest BCUT2D eigenvalue weighted by Crippen LogP contribution is 2.21. The molecule has 1 aliphatic heterocycles.